The van der Waals surface area contributed by atoms with Crippen molar-refractivity contribution < 1.29 is 29.0 Å². The molecule has 2 N–H and O–H groups in total. The van der Waals surface area contributed by atoms with Crippen LogP contribution >= 0.6 is 0 Å². The number of hydrogen-bond acceptors (Lipinski definition) is 6. The van der Waals surface area contributed by atoms with Crippen LogP contribution in [0.2, 0.25) is 0 Å². The number of hydrogen-bond donors (Lipinski definition) is 2. The Labute approximate surface area is 208 Å². The minimum Gasteiger partial charge on any atom is -0.507 e. The van der Waals surface area contributed by atoms with Gasteiger partial charge < -0.3 is 19.6 Å². The molecule has 1 aromatic carbocycles. The summed E-state index contributed by atoms with van der Waals surface area (Å²) < 4.78 is 10.3. The number of aromatic nitrogens is 1. The third-order valence-electron chi connectivity index (χ3n) is 5.96. The normalized spacial score (nSPS) is 11.9. The number of carbonyl (C=O) groups is 3. The molecule has 0 atom stereocenters. The number of carbonyl (C=O) groups excluding carboxylic acids is 3. The van der Waals surface area contributed by atoms with Gasteiger partial charge >= 0.3 is 11.9 Å². The SMILES string of the molecule is CCOC(=O)c1c(C)[nH]c(C(=O)COC(=O)CCc2cc(C(C)(C)C)c(O)c(C(C)(C)C)c2)c1C. The Bertz CT molecular complexity index is 1080. The highest BCUT2D eigenvalue weighted by atomic mass is 16.5. The molecule has 2 aromatic rings. The van der Waals surface area contributed by atoms with Crippen molar-refractivity contribution in [2.24, 2.45) is 0 Å². The molecule has 1 heterocycles. The van der Waals surface area contributed by atoms with Crippen molar-refractivity contribution in [3.05, 3.63) is 51.3 Å². The number of ether oxygens (including phenoxy) is 2. The summed E-state index contributed by atoms with van der Waals surface area (Å²) >= 11 is 0. The van der Waals surface area contributed by atoms with Gasteiger partial charge in [-0.2, -0.15) is 0 Å². The number of phenolic OH excluding ortho intramolecular Hbond substituents is 1. The molecule has 0 fully saturated rings. The molecule has 0 saturated heterocycles. The smallest absolute Gasteiger partial charge is 0.340 e. The highest BCUT2D eigenvalue weighted by Gasteiger charge is 2.27. The zero-order chi connectivity index (χ0) is 26.7. The van der Waals surface area contributed by atoms with Crippen LogP contribution < -0.4 is 0 Å². The Balaban J connectivity index is 2.09. The van der Waals surface area contributed by atoms with Gasteiger partial charge in [-0.3, -0.25) is 9.59 Å². The summed E-state index contributed by atoms with van der Waals surface area (Å²) in [5, 5.41) is 10.9. The molecular weight excluding hydrogens is 446 g/mol. The van der Waals surface area contributed by atoms with E-state index in [-0.39, 0.29) is 29.6 Å². The average molecular weight is 486 g/mol. The van der Waals surface area contributed by atoms with E-state index in [4.69, 9.17) is 9.47 Å². The van der Waals surface area contributed by atoms with Crippen molar-refractivity contribution in [1.82, 2.24) is 4.98 Å². The van der Waals surface area contributed by atoms with Gasteiger partial charge in [0, 0.05) is 12.1 Å². The monoisotopic (exact) mass is 485 g/mol. The van der Waals surface area contributed by atoms with Crippen molar-refractivity contribution in [3.63, 3.8) is 0 Å². The molecular formula is C28H39NO6. The summed E-state index contributed by atoms with van der Waals surface area (Å²) in [4.78, 5) is 40.1. The van der Waals surface area contributed by atoms with Gasteiger partial charge in [-0.05, 0) is 60.3 Å². The first-order valence-corrected chi connectivity index (χ1v) is 12.0. The van der Waals surface area contributed by atoms with Crippen LogP contribution in [0.4, 0.5) is 0 Å². The lowest BCUT2D eigenvalue weighted by Gasteiger charge is -2.28. The van der Waals surface area contributed by atoms with Crippen LogP contribution in [0.1, 0.15) is 104 Å². The molecule has 7 heteroatoms. The van der Waals surface area contributed by atoms with Crippen LogP contribution in [0, 0.1) is 13.8 Å². The van der Waals surface area contributed by atoms with Crippen molar-refractivity contribution in [3.8, 4) is 5.75 Å². The van der Waals surface area contributed by atoms with Gasteiger partial charge in [0.2, 0.25) is 5.78 Å². The summed E-state index contributed by atoms with van der Waals surface area (Å²) in [6.45, 7) is 17.1. The number of aromatic hydroxyl groups is 1. The number of aromatic amines is 1. The quantitative estimate of drug-likeness (QED) is 0.379. The highest BCUT2D eigenvalue weighted by Crippen LogP contribution is 2.40. The predicted octanol–water partition coefficient (Wildman–Crippen LogP) is 5.47. The van der Waals surface area contributed by atoms with E-state index in [1.807, 2.05) is 53.7 Å². The molecule has 7 nitrogen and oxygen atoms in total. The summed E-state index contributed by atoms with van der Waals surface area (Å²) in [6, 6.07) is 3.87. The van der Waals surface area contributed by atoms with Gasteiger partial charge in [-0.25, -0.2) is 4.79 Å². The lowest BCUT2D eigenvalue weighted by Crippen LogP contribution is -2.18. The Morgan fingerprint density at radius 2 is 1.49 bits per heavy atom. The molecule has 0 bridgehead atoms. The van der Waals surface area contributed by atoms with Gasteiger partial charge in [0.1, 0.15) is 5.75 Å². The van der Waals surface area contributed by atoms with E-state index >= 15 is 0 Å². The molecule has 0 radical (unpaired) electrons. The van der Waals surface area contributed by atoms with Crippen molar-refractivity contribution in [2.45, 2.75) is 86.0 Å². The number of Topliss-reactive ketones (excluding diaryl/α,β-unsaturated/α-hetero) is 1. The minimum absolute atomic E-state index is 0.0992. The number of ketones is 1. The van der Waals surface area contributed by atoms with Crippen LogP contribution in [0.25, 0.3) is 0 Å². The van der Waals surface area contributed by atoms with E-state index < -0.39 is 24.3 Å². The summed E-state index contributed by atoms with van der Waals surface area (Å²) in [5.41, 5.74) is 3.65. The standard InChI is InChI=1S/C28H39NO6/c1-10-34-26(33)23-16(2)24(29-17(23)3)21(30)15-35-22(31)12-11-18-13-19(27(4,5)6)25(32)20(14-18)28(7,8)9/h13-14,29,32H,10-12,15H2,1-9H3. The fourth-order valence-electron chi connectivity index (χ4n) is 4.06. The van der Waals surface area contributed by atoms with Gasteiger partial charge in [0.25, 0.3) is 0 Å². The molecule has 0 saturated carbocycles. The average Bonchev–Trinajstić information content (AvgIpc) is 3.03. The van der Waals surface area contributed by atoms with E-state index in [2.05, 4.69) is 4.98 Å². The summed E-state index contributed by atoms with van der Waals surface area (Å²) in [5.74, 6) is -1.11. The maximum atomic E-state index is 12.6. The number of esters is 2. The largest absolute Gasteiger partial charge is 0.507 e. The number of aryl methyl sites for hydroxylation is 2. The number of nitrogens with one attached hydrogen (secondary N) is 1. The third-order valence-corrected chi connectivity index (χ3v) is 5.96. The van der Waals surface area contributed by atoms with Crippen LogP contribution in [0.3, 0.4) is 0 Å². The number of benzene rings is 1. The minimum atomic E-state index is -0.493. The van der Waals surface area contributed by atoms with E-state index in [9.17, 15) is 19.5 Å². The van der Waals surface area contributed by atoms with E-state index in [0.29, 0.717) is 29.0 Å². The zero-order valence-electron chi connectivity index (χ0n) is 22.5. The zero-order valence-corrected chi connectivity index (χ0v) is 22.5. The molecule has 1 aromatic heterocycles. The maximum Gasteiger partial charge on any atom is 0.340 e. The molecule has 0 aliphatic carbocycles. The Morgan fingerprint density at radius 1 is 0.943 bits per heavy atom. The topological polar surface area (TPSA) is 106 Å². The second kappa shape index (κ2) is 10.7. The Hall–Kier alpha value is -3.09. The predicted molar refractivity (Wildman–Crippen MR) is 135 cm³/mol. The fraction of sp³-hybridized carbons (Fsp3) is 0.536. The van der Waals surface area contributed by atoms with Crippen molar-refractivity contribution in [2.75, 3.05) is 13.2 Å². The van der Waals surface area contributed by atoms with Crippen molar-refractivity contribution >= 4 is 17.7 Å². The number of H-pyrrole nitrogens is 1. The van der Waals surface area contributed by atoms with Crippen LogP contribution in [-0.2, 0) is 31.5 Å². The molecule has 0 aliphatic heterocycles. The first-order valence-electron chi connectivity index (χ1n) is 12.0. The van der Waals surface area contributed by atoms with E-state index in [1.165, 1.54) is 0 Å². The number of rotatable bonds is 8. The molecule has 192 valence electrons. The van der Waals surface area contributed by atoms with Gasteiger partial charge in [0.05, 0.1) is 17.9 Å². The van der Waals surface area contributed by atoms with Gasteiger partial charge in [-0.15, -0.1) is 0 Å². The second-order valence-corrected chi connectivity index (χ2v) is 11.0. The first kappa shape index (κ1) is 28.1. The van der Waals surface area contributed by atoms with E-state index in [1.54, 1.807) is 20.8 Å². The fourth-order valence-corrected chi connectivity index (χ4v) is 4.06. The van der Waals surface area contributed by atoms with Crippen molar-refractivity contribution in [1.29, 1.82) is 0 Å². The summed E-state index contributed by atoms with van der Waals surface area (Å²) in [7, 11) is 0. The van der Waals surface area contributed by atoms with Gasteiger partial charge in [-0.1, -0.05) is 53.7 Å². The molecule has 0 aliphatic rings. The molecule has 0 spiro atoms. The summed E-state index contributed by atoms with van der Waals surface area (Å²) in [6.07, 6.45) is 0.523. The van der Waals surface area contributed by atoms with Crippen LogP contribution in [0.15, 0.2) is 12.1 Å². The first-order chi connectivity index (χ1) is 16.1. The molecule has 0 amide bonds. The maximum absolute atomic E-state index is 12.6. The highest BCUT2D eigenvalue weighted by molar-refractivity contribution is 6.02. The lowest BCUT2D eigenvalue weighted by molar-refractivity contribution is -0.142. The lowest BCUT2D eigenvalue weighted by atomic mass is 9.78. The Morgan fingerprint density at radius 3 is 1.97 bits per heavy atom. The number of phenols is 1. The molecule has 0 unspecified atom stereocenters. The molecule has 35 heavy (non-hydrogen) atoms. The third kappa shape index (κ3) is 6.74. The van der Waals surface area contributed by atoms with Crippen LogP contribution in [0.5, 0.6) is 5.75 Å². The molecule has 2 rings (SSSR count). The van der Waals surface area contributed by atoms with Gasteiger partial charge in [0.15, 0.2) is 6.61 Å². The van der Waals surface area contributed by atoms with E-state index in [0.717, 1.165) is 16.7 Å². The van der Waals surface area contributed by atoms with Crippen LogP contribution in [-0.4, -0.2) is 41.0 Å². The Kier molecular flexibility index (Phi) is 8.58. The second-order valence-electron chi connectivity index (χ2n) is 11.0.